The molecule has 1 atom stereocenters. The van der Waals surface area contributed by atoms with Crippen LogP contribution in [0.2, 0.25) is 5.02 Å². The van der Waals surface area contributed by atoms with E-state index in [0.717, 1.165) is 43.3 Å². The van der Waals surface area contributed by atoms with Gasteiger partial charge in [0, 0.05) is 36.0 Å². The number of amides is 1. The van der Waals surface area contributed by atoms with Crippen LogP contribution in [0.25, 0.3) is 0 Å². The molecule has 0 spiro atoms. The van der Waals surface area contributed by atoms with E-state index in [9.17, 15) is 4.79 Å². The summed E-state index contributed by atoms with van der Waals surface area (Å²) in [4.78, 5) is 16.6. The summed E-state index contributed by atoms with van der Waals surface area (Å²) < 4.78 is 0. The van der Waals surface area contributed by atoms with Crippen molar-refractivity contribution in [3.05, 3.63) is 34.9 Å². The molecule has 1 aliphatic carbocycles. The Balaban J connectivity index is 1.87. The highest BCUT2D eigenvalue weighted by molar-refractivity contribution is 6.30. The van der Waals surface area contributed by atoms with E-state index in [0.29, 0.717) is 13.0 Å². The predicted molar refractivity (Wildman–Crippen MR) is 109 cm³/mol. The number of nitrogens with zero attached hydrogens (tertiary/aromatic N) is 1. The number of halogens is 1. The highest BCUT2D eigenvalue weighted by atomic mass is 35.5. The lowest BCUT2D eigenvalue weighted by atomic mass is 9.96. The molecule has 3 N–H and O–H groups in total. The molecule has 1 saturated carbocycles. The van der Waals surface area contributed by atoms with Gasteiger partial charge in [-0.15, -0.1) is 0 Å². The topological polar surface area (TPSA) is 65.5 Å². The molecular weight excluding hydrogens is 348 g/mol. The quantitative estimate of drug-likeness (QED) is 0.456. The fourth-order valence-electron chi connectivity index (χ4n) is 2.82. The Hall–Kier alpha value is -1.75. The van der Waals surface area contributed by atoms with Crippen LogP contribution >= 0.6 is 11.6 Å². The molecule has 0 aliphatic heterocycles. The van der Waals surface area contributed by atoms with Gasteiger partial charge in [-0.3, -0.25) is 9.79 Å². The molecule has 1 aliphatic rings. The van der Waals surface area contributed by atoms with Crippen LogP contribution in [0.15, 0.2) is 29.3 Å². The van der Waals surface area contributed by atoms with Crippen molar-refractivity contribution in [2.75, 3.05) is 19.6 Å². The molecule has 144 valence electrons. The molecule has 26 heavy (non-hydrogen) atoms. The minimum Gasteiger partial charge on any atom is -0.357 e. The van der Waals surface area contributed by atoms with Crippen molar-refractivity contribution in [2.45, 2.75) is 57.9 Å². The Morgan fingerprint density at radius 1 is 1.31 bits per heavy atom. The number of nitrogens with one attached hydrogen (secondary N) is 3. The van der Waals surface area contributed by atoms with Gasteiger partial charge in [0.1, 0.15) is 0 Å². The third-order valence-corrected chi connectivity index (χ3v) is 5.07. The van der Waals surface area contributed by atoms with Gasteiger partial charge in [0.2, 0.25) is 5.91 Å². The summed E-state index contributed by atoms with van der Waals surface area (Å²) in [6.45, 7) is 8.19. The monoisotopic (exact) mass is 378 g/mol. The SMILES string of the molecule is CCNC(=NCC1(c2cccc(Cl)c2)CC1)NCCC(=O)NC(C)CC. The first-order valence-electron chi connectivity index (χ1n) is 9.56. The highest BCUT2D eigenvalue weighted by Gasteiger charge is 2.44. The average Bonchev–Trinajstić information content (AvgIpc) is 3.41. The van der Waals surface area contributed by atoms with Crippen molar-refractivity contribution in [2.24, 2.45) is 4.99 Å². The fraction of sp³-hybridized carbons (Fsp3) is 0.600. The molecule has 1 unspecified atom stereocenters. The summed E-state index contributed by atoms with van der Waals surface area (Å²) in [5.74, 6) is 0.831. The molecule has 0 aromatic heterocycles. The van der Waals surface area contributed by atoms with E-state index < -0.39 is 0 Å². The third kappa shape index (κ3) is 6.20. The van der Waals surface area contributed by atoms with Crippen LogP contribution in [-0.2, 0) is 10.2 Å². The number of guanidine groups is 1. The molecule has 1 amide bonds. The van der Waals surface area contributed by atoms with E-state index in [1.165, 1.54) is 5.56 Å². The van der Waals surface area contributed by atoms with Gasteiger partial charge in [0.05, 0.1) is 6.54 Å². The highest BCUT2D eigenvalue weighted by Crippen LogP contribution is 2.48. The van der Waals surface area contributed by atoms with Gasteiger partial charge in [-0.1, -0.05) is 30.7 Å². The maximum absolute atomic E-state index is 11.9. The summed E-state index contributed by atoms with van der Waals surface area (Å²) in [6, 6.07) is 8.30. The van der Waals surface area contributed by atoms with Crippen molar-refractivity contribution >= 4 is 23.5 Å². The van der Waals surface area contributed by atoms with Crippen molar-refractivity contribution in [1.29, 1.82) is 0 Å². The zero-order valence-corrected chi connectivity index (χ0v) is 16.8. The molecule has 1 aromatic carbocycles. The zero-order chi connectivity index (χ0) is 19.0. The molecule has 2 rings (SSSR count). The number of aliphatic imine (C=N–C) groups is 1. The smallest absolute Gasteiger partial charge is 0.221 e. The minimum atomic E-state index is 0.0697. The Labute approximate surface area is 162 Å². The Kier molecular flexibility index (Phi) is 7.76. The van der Waals surface area contributed by atoms with E-state index in [1.807, 2.05) is 32.0 Å². The Bertz CT molecular complexity index is 628. The van der Waals surface area contributed by atoms with Gasteiger partial charge in [-0.05, 0) is 50.8 Å². The number of hydrogen-bond donors (Lipinski definition) is 3. The van der Waals surface area contributed by atoms with E-state index in [1.54, 1.807) is 0 Å². The van der Waals surface area contributed by atoms with Crippen molar-refractivity contribution in [3.8, 4) is 0 Å². The van der Waals surface area contributed by atoms with Crippen LogP contribution in [0.1, 0.15) is 52.0 Å². The Morgan fingerprint density at radius 3 is 2.69 bits per heavy atom. The number of carbonyl (C=O) groups is 1. The van der Waals surface area contributed by atoms with E-state index in [-0.39, 0.29) is 17.4 Å². The first-order chi connectivity index (χ1) is 12.5. The van der Waals surface area contributed by atoms with Gasteiger partial charge >= 0.3 is 0 Å². The largest absolute Gasteiger partial charge is 0.357 e. The van der Waals surface area contributed by atoms with Crippen molar-refractivity contribution in [1.82, 2.24) is 16.0 Å². The molecule has 1 fully saturated rings. The second-order valence-electron chi connectivity index (χ2n) is 7.04. The first-order valence-corrected chi connectivity index (χ1v) is 9.94. The molecular formula is C20H31ClN4O. The molecule has 0 saturated heterocycles. The van der Waals surface area contributed by atoms with E-state index in [2.05, 4.69) is 28.9 Å². The molecule has 0 bridgehead atoms. The summed E-state index contributed by atoms with van der Waals surface area (Å²) in [7, 11) is 0. The lowest BCUT2D eigenvalue weighted by molar-refractivity contribution is -0.121. The molecule has 1 aromatic rings. The van der Waals surface area contributed by atoms with E-state index >= 15 is 0 Å². The maximum atomic E-state index is 11.9. The van der Waals surface area contributed by atoms with Gasteiger partial charge in [0.25, 0.3) is 0 Å². The number of hydrogen-bond acceptors (Lipinski definition) is 2. The van der Waals surface area contributed by atoms with Gasteiger partial charge in [0.15, 0.2) is 5.96 Å². The number of benzene rings is 1. The molecule has 0 radical (unpaired) electrons. The lowest BCUT2D eigenvalue weighted by Crippen LogP contribution is -2.40. The fourth-order valence-corrected chi connectivity index (χ4v) is 3.01. The zero-order valence-electron chi connectivity index (χ0n) is 16.1. The third-order valence-electron chi connectivity index (χ3n) is 4.84. The molecule has 0 heterocycles. The van der Waals surface area contributed by atoms with Crippen molar-refractivity contribution in [3.63, 3.8) is 0 Å². The summed E-state index contributed by atoms with van der Waals surface area (Å²) >= 11 is 6.14. The predicted octanol–water partition coefficient (Wildman–Crippen LogP) is 3.23. The van der Waals surface area contributed by atoms with Crippen LogP contribution in [0.3, 0.4) is 0 Å². The van der Waals surface area contributed by atoms with Crippen LogP contribution in [0, 0.1) is 0 Å². The summed E-state index contributed by atoms with van der Waals surface area (Å²) in [6.07, 6.45) is 3.64. The number of rotatable bonds is 9. The maximum Gasteiger partial charge on any atom is 0.221 e. The first kappa shape index (κ1) is 20.6. The number of carbonyl (C=O) groups excluding carboxylic acids is 1. The van der Waals surface area contributed by atoms with Gasteiger partial charge < -0.3 is 16.0 Å². The molecule has 6 heteroatoms. The van der Waals surface area contributed by atoms with Gasteiger partial charge in [-0.2, -0.15) is 0 Å². The standard InChI is InChI=1S/C20H31ClN4O/c1-4-15(3)25-18(26)9-12-23-19(22-5-2)24-14-20(10-11-20)16-7-6-8-17(21)13-16/h6-8,13,15H,4-5,9-12,14H2,1-3H3,(H,25,26)(H2,22,23,24). The summed E-state index contributed by atoms with van der Waals surface area (Å²) in [5, 5.41) is 10.3. The summed E-state index contributed by atoms with van der Waals surface area (Å²) in [5.41, 5.74) is 1.37. The van der Waals surface area contributed by atoms with Crippen LogP contribution in [0.4, 0.5) is 0 Å². The van der Waals surface area contributed by atoms with Crippen LogP contribution < -0.4 is 16.0 Å². The normalized spacial score (nSPS) is 16.7. The van der Waals surface area contributed by atoms with E-state index in [4.69, 9.17) is 16.6 Å². The lowest BCUT2D eigenvalue weighted by Gasteiger charge is -2.16. The second-order valence-corrected chi connectivity index (χ2v) is 7.48. The minimum absolute atomic E-state index is 0.0697. The Morgan fingerprint density at radius 2 is 2.08 bits per heavy atom. The van der Waals surface area contributed by atoms with Crippen LogP contribution in [-0.4, -0.2) is 37.5 Å². The average molecular weight is 379 g/mol. The van der Waals surface area contributed by atoms with Gasteiger partial charge in [-0.25, -0.2) is 0 Å². The second kappa shape index (κ2) is 9.81. The van der Waals surface area contributed by atoms with Crippen LogP contribution in [0.5, 0.6) is 0 Å². The van der Waals surface area contributed by atoms with Crippen molar-refractivity contribution < 1.29 is 4.79 Å². The molecule has 5 nitrogen and oxygen atoms in total.